The molecule has 1 saturated heterocycles. The molecule has 1 aromatic heterocycles. The van der Waals surface area contributed by atoms with E-state index in [1.165, 1.54) is 0 Å². The van der Waals surface area contributed by atoms with Crippen molar-refractivity contribution in [2.24, 2.45) is 4.99 Å². The van der Waals surface area contributed by atoms with E-state index in [0.29, 0.717) is 19.8 Å². The van der Waals surface area contributed by atoms with Crippen LogP contribution >= 0.6 is 11.3 Å². The second-order valence-electron chi connectivity index (χ2n) is 6.55. The Labute approximate surface area is 174 Å². The fraction of sp³-hybridized carbons (Fsp3) is 0.318. The third-order valence-electron chi connectivity index (χ3n) is 4.71. The standard InChI is InChI=1S/C22H25N3O3S/c1-3-28-20-10-6-18(7-11-20)23-22-25(24-12-14-27-15-13-24)21(16-29-22)17-4-8-19(26-2)9-5-17/h4-11,16H,3,12-15H2,1-2H3. The Hall–Kier alpha value is -2.77. The van der Waals surface area contributed by atoms with Gasteiger partial charge in [0.25, 0.3) is 0 Å². The molecular formula is C22H25N3O3S. The third-order valence-corrected chi connectivity index (χ3v) is 5.53. The van der Waals surface area contributed by atoms with E-state index in [2.05, 4.69) is 27.2 Å². The molecule has 0 saturated carbocycles. The first-order valence-corrected chi connectivity index (χ1v) is 10.6. The van der Waals surface area contributed by atoms with Gasteiger partial charge in [-0.3, -0.25) is 0 Å². The van der Waals surface area contributed by atoms with E-state index in [1.807, 2.05) is 43.3 Å². The van der Waals surface area contributed by atoms with E-state index in [1.54, 1.807) is 18.4 Å². The largest absolute Gasteiger partial charge is 0.497 e. The lowest BCUT2D eigenvalue weighted by molar-refractivity contribution is 0.111. The number of methoxy groups -OCH3 is 1. The lowest BCUT2D eigenvalue weighted by Crippen LogP contribution is -2.48. The van der Waals surface area contributed by atoms with E-state index in [9.17, 15) is 0 Å². The van der Waals surface area contributed by atoms with Gasteiger partial charge in [-0.25, -0.2) is 9.67 Å². The molecule has 0 atom stereocenters. The Bertz CT molecular complexity index is 987. The molecule has 0 aliphatic carbocycles. The summed E-state index contributed by atoms with van der Waals surface area (Å²) >= 11 is 1.64. The van der Waals surface area contributed by atoms with Gasteiger partial charge in [0.05, 0.1) is 51.4 Å². The molecule has 3 aromatic rings. The number of morpholine rings is 1. The summed E-state index contributed by atoms with van der Waals surface area (Å²) in [5.41, 5.74) is 3.14. The minimum atomic E-state index is 0.656. The monoisotopic (exact) mass is 411 g/mol. The van der Waals surface area contributed by atoms with E-state index < -0.39 is 0 Å². The summed E-state index contributed by atoms with van der Waals surface area (Å²) in [5, 5.41) is 4.46. The van der Waals surface area contributed by atoms with Crippen LogP contribution < -0.4 is 19.3 Å². The van der Waals surface area contributed by atoms with Crippen LogP contribution in [0, 0.1) is 0 Å². The van der Waals surface area contributed by atoms with Gasteiger partial charge in [-0.1, -0.05) is 0 Å². The van der Waals surface area contributed by atoms with Crippen LogP contribution in [0.5, 0.6) is 11.5 Å². The molecule has 0 spiro atoms. The number of thiazole rings is 1. The number of ether oxygens (including phenoxy) is 3. The maximum absolute atomic E-state index is 5.56. The quantitative estimate of drug-likeness (QED) is 0.619. The predicted molar refractivity (Wildman–Crippen MR) is 116 cm³/mol. The first-order chi connectivity index (χ1) is 14.3. The van der Waals surface area contributed by atoms with E-state index in [0.717, 1.165) is 46.3 Å². The van der Waals surface area contributed by atoms with Crippen LogP contribution in [0.3, 0.4) is 0 Å². The van der Waals surface area contributed by atoms with Crippen molar-refractivity contribution >= 4 is 17.0 Å². The third kappa shape index (κ3) is 4.46. The molecule has 2 heterocycles. The Morgan fingerprint density at radius 3 is 2.34 bits per heavy atom. The Balaban J connectivity index is 1.75. The van der Waals surface area contributed by atoms with Gasteiger partial charge in [0.15, 0.2) is 0 Å². The minimum Gasteiger partial charge on any atom is -0.497 e. The second-order valence-corrected chi connectivity index (χ2v) is 7.39. The first kappa shape index (κ1) is 19.5. The van der Waals surface area contributed by atoms with Crippen molar-refractivity contribution in [1.82, 2.24) is 4.68 Å². The number of aromatic nitrogens is 1. The Morgan fingerprint density at radius 2 is 1.69 bits per heavy atom. The summed E-state index contributed by atoms with van der Waals surface area (Å²) in [6.07, 6.45) is 0. The highest BCUT2D eigenvalue weighted by Crippen LogP contribution is 2.24. The molecule has 1 fully saturated rings. The van der Waals surface area contributed by atoms with Crippen LogP contribution in [-0.2, 0) is 4.74 Å². The molecule has 0 N–H and O–H groups in total. The van der Waals surface area contributed by atoms with Gasteiger partial charge in [0, 0.05) is 10.9 Å². The molecule has 0 amide bonds. The zero-order chi connectivity index (χ0) is 20.1. The maximum atomic E-state index is 5.56. The van der Waals surface area contributed by atoms with Gasteiger partial charge in [0.1, 0.15) is 11.5 Å². The van der Waals surface area contributed by atoms with Gasteiger partial charge >= 0.3 is 0 Å². The highest BCUT2D eigenvalue weighted by atomic mass is 32.1. The molecule has 2 aromatic carbocycles. The van der Waals surface area contributed by atoms with Gasteiger partial charge in [0.2, 0.25) is 4.80 Å². The number of hydrogen-bond donors (Lipinski definition) is 0. The van der Waals surface area contributed by atoms with E-state index in [4.69, 9.17) is 19.2 Å². The molecule has 1 aliphatic heterocycles. The van der Waals surface area contributed by atoms with Crippen LogP contribution in [0.2, 0.25) is 0 Å². The van der Waals surface area contributed by atoms with Crippen LogP contribution in [0.25, 0.3) is 11.3 Å². The molecular weight excluding hydrogens is 386 g/mol. The molecule has 29 heavy (non-hydrogen) atoms. The molecule has 152 valence electrons. The second kappa shape index (κ2) is 9.15. The van der Waals surface area contributed by atoms with Crippen molar-refractivity contribution in [2.45, 2.75) is 6.92 Å². The minimum absolute atomic E-state index is 0.656. The Morgan fingerprint density at radius 1 is 1.00 bits per heavy atom. The number of nitrogens with zero attached hydrogens (tertiary/aromatic N) is 3. The van der Waals surface area contributed by atoms with Crippen LogP contribution in [0.4, 0.5) is 5.69 Å². The summed E-state index contributed by atoms with van der Waals surface area (Å²) in [4.78, 5) is 5.85. The molecule has 1 aliphatic rings. The van der Waals surface area contributed by atoms with E-state index in [-0.39, 0.29) is 0 Å². The fourth-order valence-electron chi connectivity index (χ4n) is 3.26. The molecule has 0 radical (unpaired) electrons. The van der Waals surface area contributed by atoms with Crippen LogP contribution in [0.1, 0.15) is 6.92 Å². The average molecular weight is 412 g/mol. The summed E-state index contributed by atoms with van der Waals surface area (Å²) in [5.74, 6) is 1.71. The number of hydrogen-bond acceptors (Lipinski definition) is 6. The predicted octanol–water partition coefficient (Wildman–Crippen LogP) is 3.82. The van der Waals surface area contributed by atoms with Crippen LogP contribution in [0.15, 0.2) is 58.9 Å². The lowest BCUT2D eigenvalue weighted by Gasteiger charge is -2.31. The zero-order valence-electron chi connectivity index (χ0n) is 16.7. The summed E-state index contributed by atoms with van der Waals surface area (Å²) in [6.45, 7) is 5.73. The Kier molecular flexibility index (Phi) is 6.17. The average Bonchev–Trinajstić information content (AvgIpc) is 3.19. The van der Waals surface area contributed by atoms with Crippen molar-refractivity contribution in [1.29, 1.82) is 0 Å². The van der Waals surface area contributed by atoms with Gasteiger partial charge < -0.3 is 19.2 Å². The van der Waals surface area contributed by atoms with Crippen molar-refractivity contribution < 1.29 is 14.2 Å². The molecule has 4 rings (SSSR count). The highest BCUT2D eigenvalue weighted by Gasteiger charge is 2.17. The molecule has 6 nitrogen and oxygen atoms in total. The normalized spacial score (nSPS) is 14.8. The SMILES string of the molecule is CCOc1ccc(N=c2scc(-c3ccc(OC)cc3)n2N2CCOCC2)cc1. The first-order valence-electron chi connectivity index (χ1n) is 9.74. The highest BCUT2D eigenvalue weighted by molar-refractivity contribution is 7.07. The topological polar surface area (TPSA) is 48.2 Å². The van der Waals surface area contributed by atoms with Crippen molar-refractivity contribution in [3.63, 3.8) is 0 Å². The number of benzene rings is 2. The van der Waals surface area contributed by atoms with Gasteiger partial charge in [-0.15, -0.1) is 11.3 Å². The van der Waals surface area contributed by atoms with Crippen LogP contribution in [-0.4, -0.2) is 44.7 Å². The molecule has 0 bridgehead atoms. The number of rotatable bonds is 6. The summed E-state index contributed by atoms with van der Waals surface area (Å²) in [6, 6.07) is 16.0. The summed E-state index contributed by atoms with van der Waals surface area (Å²) in [7, 11) is 1.68. The van der Waals surface area contributed by atoms with E-state index >= 15 is 0 Å². The van der Waals surface area contributed by atoms with Gasteiger partial charge in [-0.2, -0.15) is 0 Å². The lowest BCUT2D eigenvalue weighted by atomic mass is 10.2. The molecule has 0 unspecified atom stereocenters. The van der Waals surface area contributed by atoms with Crippen molar-refractivity contribution in [2.75, 3.05) is 45.0 Å². The maximum Gasteiger partial charge on any atom is 0.209 e. The van der Waals surface area contributed by atoms with Gasteiger partial charge in [-0.05, 0) is 55.5 Å². The zero-order valence-corrected chi connectivity index (χ0v) is 17.5. The summed E-state index contributed by atoms with van der Waals surface area (Å²) < 4.78 is 18.6. The van der Waals surface area contributed by atoms with Crippen molar-refractivity contribution in [3.05, 3.63) is 58.7 Å². The smallest absolute Gasteiger partial charge is 0.209 e. The fourth-order valence-corrected chi connectivity index (χ4v) is 4.18. The molecule has 7 heteroatoms. The van der Waals surface area contributed by atoms with Crippen molar-refractivity contribution in [3.8, 4) is 22.8 Å².